The fraction of sp³-hybridized carbons (Fsp3) is 0. The summed E-state index contributed by atoms with van der Waals surface area (Å²) in [4.78, 5) is 3.16. The van der Waals surface area contributed by atoms with Crippen LogP contribution in [0, 0.1) is 18.8 Å². The number of rotatable bonds is 3. The van der Waals surface area contributed by atoms with Crippen molar-refractivity contribution in [1.82, 2.24) is 0 Å². The molecule has 3 aromatic rings. The molecule has 0 saturated carbocycles. The second-order valence-corrected chi connectivity index (χ2v) is 9.34. The van der Waals surface area contributed by atoms with Crippen LogP contribution in [0.2, 0.25) is 0 Å². The average Bonchev–Trinajstić information content (AvgIpc) is 2.50. The Morgan fingerprint density at radius 3 is 1.35 bits per heavy atom. The highest BCUT2D eigenvalue weighted by Crippen LogP contribution is 2.33. The number of hydrogen-bond donors (Lipinski definition) is 0. The van der Waals surface area contributed by atoms with E-state index in [-0.39, 0.29) is 11.6 Å². The Balaban J connectivity index is 2.16. The number of halogens is 4. The largest absolute Gasteiger partial charge is 0.207 e. The minimum atomic E-state index is -0.395. The van der Waals surface area contributed by atoms with E-state index in [1.54, 1.807) is 24.3 Å². The molecule has 3 rings (SSSR count). The van der Waals surface area contributed by atoms with Gasteiger partial charge in [-0.05, 0) is 99.8 Å². The summed E-state index contributed by atoms with van der Waals surface area (Å²) in [6.07, 6.45) is 0. The molecule has 0 aromatic heterocycles. The molecule has 0 radical (unpaired) electrons. The second-order valence-electron chi connectivity index (χ2n) is 4.82. The third-order valence-electron chi connectivity index (χ3n) is 3.17. The fourth-order valence-corrected chi connectivity index (χ4v) is 6.68. The minimum absolute atomic E-state index is 0.256. The van der Waals surface area contributed by atoms with E-state index < -0.39 is 10.9 Å². The second kappa shape index (κ2) is 7.48. The molecule has 0 bridgehead atoms. The third kappa shape index (κ3) is 4.24. The standard InChI is InChI=1S/C18H11F2I2S/c19-12-1-5-16(6-2-12)23(17-7-3-13(20)4-8-17)18-10-14(21)9-15(22)11-18/h1-11H/q+1. The van der Waals surface area contributed by atoms with E-state index >= 15 is 0 Å². The van der Waals surface area contributed by atoms with Gasteiger partial charge in [-0.3, -0.25) is 0 Å². The van der Waals surface area contributed by atoms with E-state index in [4.69, 9.17) is 0 Å². The molecule has 0 heterocycles. The minimum Gasteiger partial charge on any atom is -0.207 e. The number of hydrogen-bond acceptors (Lipinski definition) is 0. The van der Waals surface area contributed by atoms with Gasteiger partial charge in [0.15, 0.2) is 14.7 Å². The van der Waals surface area contributed by atoms with Crippen molar-refractivity contribution < 1.29 is 8.78 Å². The van der Waals surface area contributed by atoms with Crippen LogP contribution < -0.4 is 0 Å². The van der Waals surface area contributed by atoms with Gasteiger partial charge in [-0.1, -0.05) is 0 Å². The maximum Gasteiger partial charge on any atom is 0.168 e. The molecule has 0 amide bonds. The van der Waals surface area contributed by atoms with Crippen LogP contribution in [0.25, 0.3) is 0 Å². The first kappa shape index (κ1) is 17.2. The van der Waals surface area contributed by atoms with Crippen LogP contribution in [0.5, 0.6) is 0 Å². The Kier molecular flexibility index (Phi) is 5.58. The first-order chi connectivity index (χ1) is 11.0. The van der Waals surface area contributed by atoms with Crippen LogP contribution >= 0.6 is 45.2 Å². The molecular weight excluding hydrogens is 540 g/mol. The lowest BCUT2D eigenvalue weighted by atomic mass is 10.3. The first-order valence-corrected chi connectivity index (χ1v) is 10.1. The molecule has 0 nitrogen and oxygen atoms in total. The van der Waals surface area contributed by atoms with Crippen LogP contribution in [0.4, 0.5) is 8.78 Å². The highest BCUT2D eigenvalue weighted by atomic mass is 127. The van der Waals surface area contributed by atoms with Crippen molar-refractivity contribution in [3.63, 3.8) is 0 Å². The third-order valence-corrected chi connectivity index (χ3v) is 6.61. The van der Waals surface area contributed by atoms with E-state index in [1.807, 2.05) is 0 Å². The summed E-state index contributed by atoms with van der Waals surface area (Å²) in [5.74, 6) is -0.512. The maximum absolute atomic E-state index is 13.3. The van der Waals surface area contributed by atoms with Gasteiger partial charge in [-0.25, -0.2) is 8.78 Å². The predicted molar refractivity (Wildman–Crippen MR) is 107 cm³/mol. The predicted octanol–water partition coefficient (Wildman–Crippen LogP) is 6.27. The molecule has 23 heavy (non-hydrogen) atoms. The normalized spacial score (nSPS) is 11.0. The zero-order valence-electron chi connectivity index (χ0n) is 11.8. The van der Waals surface area contributed by atoms with Crippen molar-refractivity contribution in [2.45, 2.75) is 14.7 Å². The van der Waals surface area contributed by atoms with E-state index in [0.717, 1.165) is 21.8 Å². The van der Waals surface area contributed by atoms with Gasteiger partial charge >= 0.3 is 0 Å². The van der Waals surface area contributed by atoms with Crippen LogP contribution in [0.3, 0.4) is 0 Å². The Morgan fingerprint density at radius 1 is 0.565 bits per heavy atom. The fourth-order valence-electron chi connectivity index (χ4n) is 2.20. The topological polar surface area (TPSA) is 0 Å². The summed E-state index contributed by atoms with van der Waals surface area (Å²) in [6.45, 7) is 0. The molecule has 0 unspecified atom stereocenters. The lowest BCUT2D eigenvalue weighted by molar-refractivity contribution is 0.626. The first-order valence-electron chi connectivity index (χ1n) is 6.74. The average molecular weight is 551 g/mol. The molecule has 0 saturated heterocycles. The zero-order valence-corrected chi connectivity index (χ0v) is 16.9. The van der Waals surface area contributed by atoms with Crippen molar-refractivity contribution in [3.05, 3.63) is 85.5 Å². The van der Waals surface area contributed by atoms with Crippen LogP contribution in [-0.4, -0.2) is 0 Å². The molecule has 3 aromatic carbocycles. The number of benzene rings is 3. The summed E-state index contributed by atoms with van der Waals surface area (Å²) >= 11 is 4.59. The molecule has 0 aliphatic rings. The van der Waals surface area contributed by atoms with E-state index in [9.17, 15) is 8.78 Å². The van der Waals surface area contributed by atoms with Crippen molar-refractivity contribution in [3.8, 4) is 0 Å². The lowest BCUT2D eigenvalue weighted by Gasteiger charge is -2.09. The molecule has 0 spiro atoms. The van der Waals surface area contributed by atoms with Gasteiger partial charge in [0.1, 0.15) is 11.6 Å². The Morgan fingerprint density at radius 2 is 0.957 bits per heavy atom. The molecule has 5 heteroatoms. The summed E-state index contributed by atoms with van der Waals surface area (Å²) in [5, 5.41) is 0. The maximum atomic E-state index is 13.3. The van der Waals surface area contributed by atoms with Crippen molar-refractivity contribution in [2.75, 3.05) is 0 Å². The molecule has 116 valence electrons. The van der Waals surface area contributed by atoms with Crippen molar-refractivity contribution in [2.24, 2.45) is 0 Å². The quantitative estimate of drug-likeness (QED) is 0.266. The van der Waals surface area contributed by atoms with E-state index in [2.05, 4.69) is 63.4 Å². The summed E-state index contributed by atoms with van der Waals surface area (Å²) in [6, 6.07) is 19.4. The van der Waals surface area contributed by atoms with Gasteiger partial charge in [0.2, 0.25) is 0 Å². The molecule has 0 N–H and O–H groups in total. The van der Waals surface area contributed by atoms with Gasteiger partial charge in [0.05, 0.1) is 10.9 Å². The molecule has 0 aliphatic carbocycles. The van der Waals surface area contributed by atoms with Gasteiger partial charge in [0.25, 0.3) is 0 Å². The highest BCUT2D eigenvalue weighted by Gasteiger charge is 2.29. The summed E-state index contributed by atoms with van der Waals surface area (Å²) in [7, 11) is -0.395. The van der Waals surface area contributed by atoms with Crippen LogP contribution in [0.1, 0.15) is 0 Å². The molecular formula is C18H11F2I2S+. The smallest absolute Gasteiger partial charge is 0.168 e. The Labute approximate surface area is 163 Å². The lowest BCUT2D eigenvalue weighted by Crippen LogP contribution is -2.06. The molecule has 0 fully saturated rings. The van der Waals surface area contributed by atoms with Crippen LogP contribution in [0.15, 0.2) is 81.4 Å². The van der Waals surface area contributed by atoms with Crippen molar-refractivity contribution in [1.29, 1.82) is 0 Å². The Bertz CT molecular complexity index is 752. The van der Waals surface area contributed by atoms with Gasteiger partial charge in [-0.15, -0.1) is 0 Å². The van der Waals surface area contributed by atoms with Gasteiger partial charge in [-0.2, -0.15) is 0 Å². The monoisotopic (exact) mass is 551 g/mol. The SMILES string of the molecule is Fc1ccc([S+](c2ccc(F)cc2)c2cc(I)cc(I)c2)cc1. The van der Waals surface area contributed by atoms with E-state index in [0.29, 0.717) is 0 Å². The highest BCUT2D eigenvalue weighted by molar-refractivity contribution is 14.1. The zero-order chi connectivity index (χ0) is 16.4. The van der Waals surface area contributed by atoms with Gasteiger partial charge < -0.3 is 0 Å². The van der Waals surface area contributed by atoms with Gasteiger partial charge in [0, 0.05) is 19.3 Å². The summed E-state index contributed by atoms with van der Waals surface area (Å²) < 4.78 is 28.9. The van der Waals surface area contributed by atoms with Crippen molar-refractivity contribution >= 4 is 56.1 Å². The molecule has 0 atom stereocenters. The Hall–Kier alpha value is -0.670. The molecule has 0 aliphatic heterocycles. The summed E-state index contributed by atoms with van der Waals surface area (Å²) in [5.41, 5.74) is 0. The van der Waals surface area contributed by atoms with E-state index in [1.165, 1.54) is 24.3 Å². The van der Waals surface area contributed by atoms with Crippen LogP contribution in [-0.2, 0) is 10.9 Å².